The molecule has 0 aliphatic rings. The molecule has 2 rings (SSSR count). The Morgan fingerprint density at radius 1 is 1.39 bits per heavy atom. The van der Waals surface area contributed by atoms with Crippen molar-refractivity contribution in [3.05, 3.63) is 34.4 Å². The Labute approximate surface area is 105 Å². The molecule has 0 saturated carbocycles. The van der Waals surface area contributed by atoms with Gasteiger partial charge in [0.05, 0.1) is 4.92 Å². The largest absolute Gasteiger partial charge is 0.491 e. The number of thiazole rings is 1. The number of aromatic hydroxyl groups is 1. The second-order valence-corrected chi connectivity index (χ2v) is 4.14. The molecule has 3 N–H and O–H groups in total. The molecule has 0 atom stereocenters. The Morgan fingerprint density at radius 3 is 2.72 bits per heavy atom. The molecule has 0 unspecified atom stereocenters. The SMILES string of the molecule is Nc1nc(O)c(N=Nc2ccccc2[N+](=O)[O-])s1. The smallest absolute Gasteiger partial charge is 0.296 e. The van der Waals surface area contributed by atoms with E-state index in [1.54, 1.807) is 6.07 Å². The van der Waals surface area contributed by atoms with Crippen LogP contribution in [-0.4, -0.2) is 15.0 Å². The standard InChI is InChI=1S/C9H7N5O3S/c10-9-11-7(15)8(18-9)13-12-5-3-1-2-4-6(5)14(16)17/h1-4,15H,(H2,10,11). The number of aromatic nitrogens is 1. The van der Waals surface area contributed by atoms with Crippen LogP contribution in [0.1, 0.15) is 0 Å². The second-order valence-electron chi connectivity index (χ2n) is 3.13. The van der Waals surface area contributed by atoms with Crippen LogP contribution in [0.3, 0.4) is 0 Å². The average molecular weight is 265 g/mol. The van der Waals surface area contributed by atoms with E-state index in [4.69, 9.17) is 5.73 Å². The van der Waals surface area contributed by atoms with Crippen LogP contribution in [0.25, 0.3) is 0 Å². The van der Waals surface area contributed by atoms with Gasteiger partial charge in [0.1, 0.15) is 0 Å². The van der Waals surface area contributed by atoms with Crippen molar-refractivity contribution in [2.75, 3.05) is 5.73 Å². The predicted octanol–water partition coefficient (Wildman–Crippen LogP) is 2.75. The van der Waals surface area contributed by atoms with Crippen LogP contribution < -0.4 is 5.73 Å². The number of benzene rings is 1. The zero-order valence-electron chi connectivity index (χ0n) is 8.85. The molecule has 1 heterocycles. The van der Waals surface area contributed by atoms with E-state index in [-0.39, 0.29) is 27.4 Å². The summed E-state index contributed by atoms with van der Waals surface area (Å²) in [7, 11) is 0. The minimum atomic E-state index is -0.560. The van der Waals surface area contributed by atoms with E-state index in [1.807, 2.05) is 0 Å². The summed E-state index contributed by atoms with van der Waals surface area (Å²) in [6.07, 6.45) is 0. The number of nitro benzene ring substituents is 1. The molecule has 0 spiro atoms. The molecule has 0 fully saturated rings. The average Bonchev–Trinajstić information content (AvgIpc) is 2.65. The summed E-state index contributed by atoms with van der Waals surface area (Å²) in [4.78, 5) is 13.7. The normalized spacial score (nSPS) is 10.9. The van der Waals surface area contributed by atoms with Crippen molar-refractivity contribution in [3.8, 4) is 5.88 Å². The van der Waals surface area contributed by atoms with Gasteiger partial charge in [-0.1, -0.05) is 23.5 Å². The number of rotatable bonds is 3. The highest BCUT2D eigenvalue weighted by atomic mass is 32.1. The molecule has 92 valence electrons. The van der Waals surface area contributed by atoms with Gasteiger partial charge in [-0.05, 0) is 6.07 Å². The highest BCUT2D eigenvalue weighted by Gasteiger charge is 2.12. The molecule has 1 aromatic heterocycles. The number of anilines is 1. The molecule has 8 nitrogen and oxygen atoms in total. The summed E-state index contributed by atoms with van der Waals surface area (Å²) in [5, 5.41) is 27.7. The molecular weight excluding hydrogens is 258 g/mol. The zero-order chi connectivity index (χ0) is 13.1. The number of nitrogen functional groups attached to an aromatic ring is 1. The molecule has 0 bridgehead atoms. The van der Waals surface area contributed by atoms with Crippen molar-refractivity contribution in [2.45, 2.75) is 0 Å². The molecule has 1 aromatic carbocycles. The van der Waals surface area contributed by atoms with Crippen LogP contribution in [0.15, 0.2) is 34.5 Å². The van der Waals surface area contributed by atoms with Crippen LogP contribution in [0, 0.1) is 10.1 Å². The molecule has 9 heteroatoms. The zero-order valence-corrected chi connectivity index (χ0v) is 9.66. The molecule has 0 radical (unpaired) electrons. The number of hydrogen-bond donors (Lipinski definition) is 2. The van der Waals surface area contributed by atoms with E-state index in [0.29, 0.717) is 0 Å². The Hall–Kier alpha value is -2.55. The predicted molar refractivity (Wildman–Crippen MR) is 65.5 cm³/mol. The Bertz CT molecular complexity index is 624. The minimum Gasteiger partial charge on any atom is -0.491 e. The van der Waals surface area contributed by atoms with Crippen LogP contribution in [0.4, 0.5) is 21.5 Å². The lowest BCUT2D eigenvalue weighted by Crippen LogP contribution is -1.86. The summed E-state index contributed by atoms with van der Waals surface area (Å²) < 4.78 is 0. The third-order valence-corrected chi connectivity index (χ3v) is 2.69. The molecule has 0 amide bonds. The van der Waals surface area contributed by atoms with Crippen molar-refractivity contribution in [3.63, 3.8) is 0 Å². The summed E-state index contributed by atoms with van der Waals surface area (Å²) in [5.74, 6) is -0.347. The lowest BCUT2D eigenvalue weighted by molar-refractivity contribution is -0.384. The van der Waals surface area contributed by atoms with Gasteiger partial charge in [-0.3, -0.25) is 10.1 Å². The maximum Gasteiger partial charge on any atom is 0.296 e. The number of nitrogens with two attached hydrogens (primary N) is 1. The summed E-state index contributed by atoms with van der Waals surface area (Å²) in [5.41, 5.74) is 5.29. The number of hydrogen-bond acceptors (Lipinski definition) is 8. The van der Waals surface area contributed by atoms with Gasteiger partial charge < -0.3 is 10.8 Å². The summed E-state index contributed by atoms with van der Waals surface area (Å²) in [6, 6.07) is 5.89. The van der Waals surface area contributed by atoms with E-state index in [0.717, 1.165) is 11.3 Å². The van der Waals surface area contributed by atoms with Gasteiger partial charge in [-0.25, -0.2) is 0 Å². The van der Waals surface area contributed by atoms with Gasteiger partial charge in [0.25, 0.3) is 11.6 Å². The Morgan fingerprint density at radius 2 is 2.11 bits per heavy atom. The number of nitro groups is 1. The minimum absolute atomic E-state index is 0.0915. The Balaban J connectivity index is 2.34. The topological polar surface area (TPSA) is 127 Å². The fourth-order valence-corrected chi connectivity index (χ4v) is 1.74. The lowest BCUT2D eigenvalue weighted by Gasteiger charge is -1.94. The molecule has 0 saturated heterocycles. The molecular formula is C9H7N5O3S. The summed E-state index contributed by atoms with van der Waals surface area (Å²) >= 11 is 0.934. The number of nitrogens with zero attached hydrogens (tertiary/aromatic N) is 4. The van der Waals surface area contributed by atoms with Crippen molar-refractivity contribution in [2.24, 2.45) is 10.2 Å². The third-order valence-electron chi connectivity index (χ3n) is 1.94. The Kier molecular flexibility index (Phi) is 3.15. The first-order chi connectivity index (χ1) is 8.58. The highest BCUT2D eigenvalue weighted by Crippen LogP contribution is 2.36. The van der Waals surface area contributed by atoms with Crippen molar-refractivity contribution < 1.29 is 10.0 Å². The van der Waals surface area contributed by atoms with E-state index in [1.165, 1.54) is 18.2 Å². The highest BCUT2D eigenvalue weighted by molar-refractivity contribution is 7.19. The van der Waals surface area contributed by atoms with Gasteiger partial charge >= 0.3 is 0 Å². The fraction of sp³-hybridized carbons (Fsp3) is 0. The van der Waals surface area contributed by atoms with Gasteiger partial charge in [0.2, 0.25) is 5.00 Å². The number of para-hydroxylation sites is 1. The van der Waals surface area contributed by atoms with Crippen LogP contribution in [0.2, 0.25) is 0 Å². The number of azo groups is 1. The third kappa shape index (κ3) is 2.40. The van der Waals surface area contributed by atoms with E-state index in [9.17, 15) is 15.2 Å². The fourth-order valence-electron chi connectivity index (χ4n) is 1.19. The van der Waals surface area contributed by atoms with Gasteiger partial charge in [-0.15, -0.1) is 10.2 Å². The lowest BCUT2D eigenvalue weighted by atomic mass is 10.3. The first-order valence-electron chi connectivity index (χ1n) is 4.68. The summed E-state index contributed by atoms with van der Waals surface area (Å²) in [6.45, 7) is 0. The van der Waals surface area contributed by atoms with Crippen LogP contribution in [-0.2, 0) is 0 Å². The van der Waals surface area contributed by atoms with E-state index in [2.05, 4.69) is 15.2 Å². The van der Waals surface area contributed by atoms with Crippen LogP contribution >= 0.6 is 11.3 Å². The van der Waals surface area contributed by atoms with Gasteiger partial charge in [0, 0.05) is 6.07 Å². The van der Waals surface area contributed by atoms with Crippen molar-refractivity contribution in [1.82, 2.24) is 4.98 Å². The van der Waals surface area contributed by atoms with Gasteiger partial charge in [0.15, 0.2) is 10.8 Å². The first-order valence-corrected chi connectivity index (χ1v) is 5.50. The maximum atomic E-state index is 10.7. The molecule has 2 aromatic rings. The van der Waals surface area contributed by atoms with E-state index >= 15 is 0 Å². The molecule has 0 aliphatic heterocycles. The second kappa shape index (κ2) is 4.75. The maximum absolute atomic E-state index is 10.7. The van der Waals surface area contributed by atoms with Gasteiger partial charge in [-0.2, -0.15) is 4.98 Å². The monoisotopic (exact) mass is 265 g/mol. The molecule has 0 aliphatic carbocycles. The van der Waals surface area contributed by atoms with E-state index < -0.39 is 4.92 Å². The first kappa shape index (κ1) is 11.9. The quantitative estimate of drug-likeness (QED) is 0.501. The van der Waals surface area contributed by atoms with Crippen LogP contribution in [0.5, 0.6) is 5.88 Å². The molecule has 18 heavy (non-hydrogen) atoms. The van der Waals surface area contributed by atoms with Crippen molar-refractivity contribution in [1.29, 1.82) is 0 Å². The van der Waals surface area contributed by atoms with Crippen molar-refractivity contribution >= 4 is 32.8 Å².